The van der Waals surface area contributed by atoms with Crippen LogP contribution in [0.1, 0.15) is 0 Å². The molecule has 2 amide bonds. The Hall–Kier alpha value is -2.50. The molecule has 1 aromatic carbocycles. The Morgan fingerprint density at radius 1 is 1.29 bits per heavy atom. The van der Waals surface area contributed by atoms with Gasteiger partial charge in [0.15, 0.2) is 0 Å². The number of rotatable bonds is 4. The van der Waals surface area contributed by atoms with Crippen LogP contribution in [0, 0.1) is 0 Å². The van der Waals surface area contributed by atoms with E-state index in [9.17, 15) is 4.79 Å². The van der Waals surface area contributed by atoms with E-state index >= 15 is 0 Å². The molecular formula is C11H13N5O. The van der Waals surface area contributed by atoms with Crippen molar-refractivity contribution in [3.63, 3.8) is 0 Å². The number of para-hydroxylation sites is 1. The van der Waals surface area contributed by atoms with Crippen LogP contribution in [0.4, 0.5) is 16.4 Å². The molecule has 0 saturated carbocycles. The predicted octanol–water partition coefficient (Wildman–Crippen LogP) is 1.60. The highest BCUT2D eigenvalue weighted by Gasteiger charge is 1.99. The molecular weight excluding hydrogens is 218 g/mol. The number of anilines is 2. The Labute approximate surface area is 98.5 Å². The summed E-state index contributed by atoms with van der Waals surface area (Å²) < 4.78 is 0. The minimum absolute atomic E-state index is 0.268. The number of nitrogens with zero attached hydrogens (tertiary/aromatic N) is 1. The van der Waals surface area contributed by atoms with Crippen molar-refractivity contribution in [3.8, 4) is 0 Å². The van der Waals surface area contributed by atoms with Crippen LogP contribution in [0.25, 0.3) is 0 Å². The lowest BCUT2D eigenvalue weighted by atomic mass is 10.3. The normalized spacial score (nSPS) is 9.65. The average Bonchev–Trinajstić information content (AvgIpc) is 2.83. The number of benzene rings is 1. The number of carbonyl (C=O) groups excluding carboxylic acids is 1. The lowest BCUT2D eigenvalue weighted by Gasteiger charge is -2.07. The van der Waals surface area contributed by atoms with E-state index in [1.807, 2.05) is 30.3 Å². The van der Waals surface area contributed by atoms with E-state index in [0.717, 1.165) is 5.69 Å². The number of aromatic nitrogens is 2. The summed E-state index contributed by atoms with van der Waals surface area (Å²) in [5.41, 5.74) is 0.753. The van der Waals surface area contributed by atoms with Crippen molar-refractivity contribution in [1.29, 1.82) is 0 Å². The zero-order chi connectivity index (χ0) is 11.9. The molecule has 88 valence electrons. The first-order valence-electron chi connectivity index (χ1n) is 5.18. The molecule has 0 aliphatic rings. The van der Waals surface area contributed by atoms with Crippen LogP contribution in [0.5, 0.6) is 0 Å². The lowest BCUT2D eigenvalue weighted by molar-refractivity contribution is 0.252. The van der Waals surface area contributed by atoms with Crippen molar-refractivity contribution in [3.05, 3.63) is 42.7 Å². The molecule has 2 aromatic rings. The summed E-state index contributed by atoms with van der Waals surface area (Å²) >= 11 is 0. The van der Waals surface area contributed by atoms with Crippen LogP contribution in [-0.2, 0) is 0 Å². The third kappa shape index (κ3) is 3.53. The summed E-state index contributed by atoms with van der Waals surface area (Å²) in [6, 6.07) is 8.98. The molecule has 0 spiro atoms. The third-order valence-corrected chi connectivity index (χ3v) is 2.03. The van der Waals surface area contributed by atoms with Gasteiger partial charge >= 0.3 is 6.03 Å². The second kappa shape index (κ2) is 5.55. The summed E-state index contributed by atoms with van der Waals surface area (Å²) in [5, 5.41) is 8.25. The zero-order valence-electron chi connectivity index (χ0n) is 9.10. The second-order valence-electron chi connectivity index (χ2n) is 3.29. The zero-order valence-corrected chi connectivity index (χ0v) is 9.10. The monoisotopic (exact) mass is 231 g/mol. The molecule has 0 bridgehead atoms. The maximum Gasteiger partial charge on any atom is 0.320 e. The Bertz CT molecular complexity index is 454. The van der Waals surface area contributed by atoms with Crippen LogP contribution in [0.2, 0.25) is 0 Å². The highest BCUT2D eigenvalue weighted by Crippen LogP contribution is 2.03. The fourth-order valence-corrected chi connectivity index (χ4v) is 1.27. The third-order valence-electron chi connectivity index (χ3n) is 2.03. The molecule has 0 unspecified atom stereocenters. The summed E-state index contributed by atoms with van der Waals surface area (Å²) in [7, 11) is 0. The van der Waals surface area contributed by atoms with E-state index in [1.165, 1.54) is 0 Å². The number of amides is 2. The van der Waals surface area contributed by atoms with Crippen molar-refractivity contribution < 1.29 is 4.79 Å². The fourth-order valence-electron chi connectivity index (χ4n) is 1.27. The molecule has 0 atom stereocenters. The first kappa shape index (κ1) is 11.0. The van der Waals surface area contributed by atoms with Crippen LogP contribution in [0.3, 0.4) is 0 Å². The van der Waals surface area contributed by atoms with Gasteiger partial charge in [0.2, 0.25) is 5.95 Å². The van der Waals surface area contributed by atoms with Crippen LogP contribution in [0.15, 0.2) is 42.7 Å². The van der Waals surface area contributed by atoms with E-state index in [4.69, 9.17) is 0 Å². The van der Waals surface area contributed by atoms with Gasteiger partial charge in [-0.25, -0.2) is 9.78 Å². The van der Waals surface area contributed by atoms with E-state index < -0.39 is 0 Å². The Balaban J connectivity index is 1.71. The number of imidazole rings is 1. The van der Waals surface area contributed by atoms with Gasteiger partial charge in [-0.3, -0.25) is 0 Å². The van der Waals surface area contributed by atoms with Crippen molar-refractivity contribution in [2.45, 2.75) is 0 Å². The number of urea groups is 1. The Morgan fingerprint density at radius 2 is 2.12 bits per heavy atom. The van der Waals surface area contributed by atoms with Crippen molar-refractivity contribution in [1.82, 2.24) is 15.3 Å². The Morgan fingerprint density at radius 3 is 2.82 bits per heavy atom. The summed E-state index contributed by atoms with van der Waals surface area (Å²) in [6.07, 6.45) is 3.33. The summed E-state index contributed by atoms with van der Waals surface area (Å²) in [6.45, 7) is 0.298. The molecule has 2 rings (SSSR count). The maximum absolute atomic E-state index is 11.4. The van der Waals surface area contributed by atoms with Gasteiger partial charge in [0.25, 0.3) is 0 Å². The first-order chi connectivity index (χ1) is 8.34. The smallest absolute Gasteiger partial charge is 0.320 e. The van der Waals surface area contributed by atoms with Gasteiger partial charge in [-0.05, 0) is 12.1 Å². The molecule has 6 heteroatoms. The molecule has 1 heterocycles. The summed E-state index contributed by atoms with van der Waals surface area (Å²) in [5.74, 6) is 0.616. The highest BCUT2D eigenvalue weighted by atomic mass is 16.2. The topological polar surface area (TPSA) is 81.8 Å². The number of aromatic amines is 1. The molecule has 0 radical (unpaired) electrons. The minimum Gasteiger partial charge on any atom is -0.338 e. The number of hydrogen-bond acceptors (Lipinski definition) is 3. The van der Waals surface area contributed by atoms with Crippen molar-refractivity contribution in [2.75, 3.05) is 17.3 Å². The molecule has 6 nitrogen and oxygen atoms in total. The number of hydrogen-bond donors (Lipinski definition) is 4. The van der Waals surface area contributed by atoms with E-state index in [2.05, 4.69) is 25.9 Å². The first-order valence-corrected chi connectivity index (χ1v) is 5.18. The fraction of sp³-hybridized carbons (Fsp3) is 0.0909. The van der Waals surface area contributed by atoms with Gasteiger partial charge < -0.3 is 20.9 Å². The van der Waals surface area contributed by atoms with E-state index in [1.54, 1.807) is 12.4 Å². The molecule has 0 saturated heterocycles. The standard InChI is InChI=1S/C11H13N5O/c17-11(16-9-4-2-1-3-5-9)15-8-14-10-12-6-7-13-10/h1-7H,8H2,(H2,12,13,14)(H2,15,16,17). The van der Waals surface area contributed by atoms with Gasteiger partial charge in [0.1, 0.15) is 0 Å². The molecule has 0 fully saturated rings. The minimum atomic E-state index is -0.268. The van der Waals surface area contributed by atoms with Crippen molar-refractivity contribution >= 4 is 17.7 Å². The Kier molecular flexibility index (Phi) is 3.59. The molecule has 17 heavy (non-hydrogen) atoms. The molecule has 0 aliphatic carbocycles. The van der Waals surface area contributed by atoms with Gasteiger partial charge in [-0.15, -0.1) is 0 Å². The van der Waals surface area contributed by atoms with E-state index in [0.29, 0.717) is 12.6 Å². The van der Waals surface area contributed by atoms with E-state index in [-0.39, 0.29) is 6.03 Å². The molecule has 0 aliphatic heterocycles. The predicted molar refractivity (Wildman–Crippen MR) is 65.7 cm³/mol. The number of H-pyrrole nitrogens is 1. The lowest BCUT2D eigenvalue weighted by Crippen LogP contribution is -2.33. The van der Waals surface area contributed by atoms with Gasteiger partial charge in [0, 0.05) is 18.1 Å². The van der Waals surface area contributed by atoms with Crippen molar-refractivity contribution in [2.24, 2.45) is 0 Å². The summed E-state index contributed by atoms with van der Waals surface area (Å²) in [4.78, 5) is 18.3. The van der Waals surface area contributed by atoms with Crippen LogP contribution >= 0.6 is 0 Å². The highest BCUT2D eigenvalue weighted by molar-refractivity contribution is 5.89. The number of nitrogens with one attached hydrogen (secondary N) is 4. The van der Waals surface area contributed by atoms with Gasteiger partial charge in [0.05, 0.1) is 6.67 Å². The van der Waals surface area contributed by atoms with Crippen LogP contribution < -0.4 is 16.0 Å². The largest absolute Gasteiger partial charge is 0.338 e. The second-order valence-corrected chi connectivity index (χ2v) is 3.29. The molecule has 1 aromatic heterocycles. The van der Waals surface area contributed by atoms with Gasteiger partial charge in [-0.2, -0.15) is 0 Å². The SMILES string of the molecule is O=C(NCNc1ncc[nH]1)Nc1ccccc1. The molecule has 4 N–H and O–H groups in total. The van der Waals surface area contributed by atoms with Gasteiger partial charge in [-0.1, -0.05) is 18.2 Å². The quantitative estimate of drug-likeness (QED) is 0.603. The maximum atomic E-state index is 11.4. The van der Waals surface area contributed by atoms with Crippen LogP contribution in [-0.4, -0.2) is 22.7 Å². The number of carbonyl (C=O) groups is 1. The average molecular weight is 231 g/mol.